The van der Waals surface area contributed by atoms with Crippen molar-refractivity contribution in [2.24, 2.45) is 0 Å². The maximum Gasteiger partial charge on any atom is 0.410 e. The molecule has 62 heavy (non-hydrogen) atoms. The van der Waals surface area contributed by atoms with E-state index in [1.165, 1.54) is 0 Å². The fourth-order valence-electron chi connectivity index (χ4n) is 8.07. The van der Waals surface area contributed by atoms with Gasteiger partial charge < -0.3 is 39.4 Å². The first-order valence-corrected chi connectivity index (χ1v) is 21.8. The average Bonchev–Trinajstić information content (AvgIpc) is 3.73. The highest BCUT2D eigenvalue weighted by Gasteiger charge is 2.31. The minimum Gasteiger partial charge on any atom is -0.449 e. The summed E-state index contributed by atoms with van der Waals surface area (Å²) in [6.45, 7) is 13.5. The van der Waals surface area contributed by atoms with E-state index in [4.69, 9.17) is 18.9 Å². The fraction of sp³-hybridized carbons (Fsp3) is 0.440. The molecule has 2 aliphatic carbocycles. The zero-order valence-corrected chi connectivity index (χ0v) is 37.0. The smallest absolute Gasteiger partial charge is 0.410 e. The molecule has 0 atom stereocenters. The second-order valence-electron chi connectivity index (χ2n) is 17.9. The van der Waals surface area contributed by atoms with E-state index in [1.54, 1.807) is 9.80 Å². The lowest BCUT2D eigenvalue weighted by Crippen LogP contribution is -2.40. The van der Waals surface area contributed by atoms with E-state index in [0.717, 1.165) is 44.5 Å². The number of alkyl carbamates (subject to hydrolysis) is 2. The topological polar surface area (TPSA) is 136 Å². The van der Waals surface area contributed by atoms with Crippen LogP contribution in [-0.4, -0.2) is 97.9 Å². The van der Waals surface area contributed by atoms with Crippen molar-refractivity contribution < 1.29 is 38.1 Å². The Bertz CT molecular complexity index is 1930. The SMILES string of the molecule is CC(C)(C)OC(=O)N(CCCCN(CCCNC(=O)OCC1c2ccccc2-c2ccccc21)C(=O)OC(C)(C)C)CCCNC(=O)OCC1c2ccccc2-c2ccccc21. The first kappa shape index (κ1) is 45.5. The van der Waals surface area contributed by atoms with E-state index in [0.29, 0.717) is 65.0 Å². The summed E-state index contributed by atoms with van der Waals surface area (Å²) in [5, 5.41) is 5.67. The number of hydrogen-bond donors (Lipinski definition) is 2. The number of hydrogen-bond acceptors (Lipinski definition) is 8. The Balaban J connectivity index is 0.935. The van der Waals surface area contributed by atoms with Crippen molar-refractivity contribution in [3.63, 3.8) is 0 Å². The molecular weight excluding hydrogens is 785 g/mol. The molecular formula is C50H62N4O8. The molecule has 4 aromatic carbocycles. The summed E-state index contributed by atoms with van der Waals surface area (Å²) in [7, 11) is 0. The van der Waals surface area contributed by atoms with Gasteiger partial charge in [-0.1, -0.05) is 97.1 Å². The van der Waals surface area contributed by atoms with Gasteiger partial charge in [0.25, 0.3) is 0 Å². The maximum atomic E-state index is 13.3. The summed E-state index contributed by atoms with van der Waals surface area (Å²) >= 11 is 0. The summed E-state index contributed by atoms with van der Waals surface area (Å²) in [5.74, 6) is -0.0686. The lowest BCUT2D eigenvalue weighted by atomic mass is 9.98. The van der Waals surface area contributed by atoms with E-state index in [1.807, 2.05) is 90.1 Å². The minimum absolute atomic E-state index is 0.0343. The average molecular weight is 847 g/mol. The van der Waals surface area contributed by atoms with Crippen LogP contribution in [0.4, 0.5) is 19.2 Å². The summed E-state index contributed by atoms with van der Waals surface area (Å²) in [5.41, 5.74) is 7.87. The number of fused-ring (bicyclic) bond motifs is 6. The number of benzene rings is 4. The number of nitrogens with one attached hydrogen (secondary N) is 2. The Morgan fingerprint density at radius 1 is 0.468 bits per heavy atom. The van der Waals surface area contributed by atoms with Crippen LogP contribution in [0, 0.1) is 0 Å². The Hall–Kier alpha value is -6.04. The van der Waals surface area contributed by atoms with Crippen LogP contribution in [0.25, 0.3) is 22.3 Å². The van der Waals surface area contributed by atoms with Crippen LogP contribution >= 0.6 is 0 Å². The Labute approximate surface area is 366 Å². The molecule has 0 saturated heterocycles. The number of nitrogens with zero attached hydrogens (tertiary/aromatic N) is 2. The first-order valence-electron chi connectivity index (χ1n) is 21.8. The standard InChI is InChI=1S/C50H62N4O8/c1-49(2,3)61-47(57)53(31-17-27-51-45(55)59-33-43-39-23-11-7-19-35(39)36-20-8-12-24-40(36)43)29-15-16-30-54(48(58)62-50(4,5)6)32-18-28-52-46(56)60-34-44-41-25-13-9-21-37(41)38-22-10-14-26-42(38)44/h7-14,19-26,43-44H,15-18,27-34H2,1-6H3,(H,51,55)(H,52,56). The van der Waals surface area contributed by atoms with Gasteiger partial charge in [0.05, 0.1) is 0 Å². The van der Waals surface area contributed by atoms with Gasteiger partial charge in [0.2, 0.25) is 0 Å². The zero-order valence-electron chi connectivity index (χ0n) is 37.0. The molecule has 12 heteroatoms. The quantitative estimate of drug-likeness (QED) is 0.0792. The molecule has 4 amide bonds. The van der Waals surface area contributed by atoms with Gasteiger partial charge in [-0.2, -0.15) is 0 Å². The third-order valence-corrected chi connectivity index (χ3v) is 10.8. The van der Waals surface area contributed by atoms with Crippen LogP contribution in [0.15, 0.2) is 97.1 Å². The normalized spacial score (nSPS) is 12.9. The highest BCUT2D eigenvalue weighted by molar-refractivity contribution is 5.80. The van der Waals surface area contributed by atoms with Gasteiger partial charge in [-0.15, -0.1) is 0 Å². The van der Waals surface area contributed by atoms with Crippen molar-refractivity contribution in [2.75, 3.05) is 52.5 Å². The van der Waals surface area contributed by atoms with Crippen LogP contribution in [0.1, 0.15) is 101 Å². The predicted octanol–water partition coefficient (Wildman–Crippen LogP) is 10.1. The van der Waals surface area contributed by atoms with Crippen molar-refractivity contribution in [1.82, 2.24) is 20.4 Å². The highest BCUT2D eigenvalue weighted by Crippen LogP contribution is 2.45. The molecule has 0 aliphatic heterocycles. The van der Waals surface area contributed by atoms with E-state index in [9.17, 15) is 19.2 Å². The second kappa shape index (κ2) is 20.7. The Morgan fingerprint density at radius 3 is 1.06 bits per heavy atom. The molecule has 0 saturated carbocycles. The number of carbonyl (C=O) groups excluding carboxylic acids is 4. The molecule has 0 bridgehead atoms. The predicted molar refractivity (Wildman–Crippen MR) is 240 cm³/mol. The van der Waals surface area contributed by atoms with Crippen molar-refractivity contribution in [3.8, 4) is 22.3 Å². The summed E-state index contributed by atoms with van der Waals surface area (Å²) in [4.78, 5) is 55.3. The largest absolute Gasteiger partial charge is 0.449 e. The molecule has 330 valence electrons. The molecule has 2 aliphatic rings. The van der Waals surface area contributed by atoms with E-state index < -0.39 is 35.6 Å². The molecule has 6 rings (SSSR count). The number of rotatable bonds is 17. The number of amides is 4. The highest BCUT2D eigenvalue weighted by atomic mass is 16.6. The monoisotopic (exact) mass is 846 g/mol. The summed E-state index contributed by atoms with van der Waals surface area (Å²) < 4.78 is 22.8. The first-order chi connectivity index (χ1) is 29.7. The van der Waals surface area contributed by atoms with Gasteiger partial charge in [-0.3, -0.25) is 0 Å². The van der Waals surface area contributed by atoms with Crippen LogP contribution < -0.4 is 10.6 Å². The molecule has 0 unspecified atom stereocenters. The van der Waals surface area contributed by atoms with Gasteiger partial charge >= 0.3 is 24.4 Å². The Kier molecular flexibility index (Phi) is 15.2. The molecule has 12 nitrogen and oxygen atoms in total. The van der Waals surface area contributed by atoms with Crippen LogP contribution in [0.3, 0.4) is 0 Å². The molecule has 0 spiro atoms. The molecule has 0 heterocycles. The van der Waals surface area contributed by atoms with Gasteiger partial charge in [0.1, 0.15) is 24.4 Å². The van der Waals surface area contributed by atoms with Crippen LogP contribution in [0.5, 0.6) is 0 Å². The van der Waals surface area contributed by atoms with Gasteiger partial charge in [0, 0.05) is 51.1 Å². The fourth-order valence-corrected chi connectivity index (χ4v) is 8.07. The molecule has 0 aromatic heterocycles. The van der Waals surface area contributed by atoms with Crippen molar-refractivity contribution in [1.29, 1.82) is 0 Å². The van der Waals surface area contributed by atoms with Crippen molar-refractivity contribution in [2.45, 2.75) is 90.3 Å². The third-order valence-electron chi connectivity index (χ3n) is 10.8. The van der Waals surface area contributed by atoms with Gasteiger partial charge in [-0.25, -0.2) is 19.2 Å². The molecule has 0 radical (unpaired) electrons. The molecule has 0 fully saturated rings. The zero-order chi connectivity index (χ0) is 44.3. The van der Waals surface area contributed by atoms with Gasteiger partial charge in [-0.05, 0) is 112 Å². The number of unbranched alkanes of at least 4 members (excludes halogenated alkanes) is 1. The number of carbonyl (C=O) groups is 4. The second-order valence-corrected chi connectivity index (χ2v) is 17.9. The third kappa shape index (κ3) is 12.3. The van der Waals surface area contributed by atoms with E-state index >= 15 is 0 Å². The van der Waals surface area contributed by atoms with E-state index in [-0.39, 0.29) is 25.0 Å². The van der Waals surface area contributed by atoms with Gasteiger partial charge in [0.15, 0.2) is 0 Å². The summed E-state index contributed by atoms with van der Waals surface area (Å²) in [6, 6.07) is 32.8. The van der Waals surface area contributed by atoms with Crippen molar-refractivity contribution in [3.05, 3.63) is 119 Å². The van der Waals surface area contributed by atoms with Crippen molar-refractivity contribution >= 4 is 24.4 Å². The van der Waals surface area contributed by atoms with Crippen LogP contribution in [-0.2, 0) is 18.9 Å². The summed E-state index contributed by atoms with van der Waals surface area (Å²) in [6.07, 6.45) is 0.266. The lowest BCUT2D eigenvalue weighted by molar-refractivity contribution is 0.0208. The lowest BCUT2D eigenvalue weighted by Gasteiger charge is -2.29. The maximum absolute atomic E-state index is 13.3. The number of ether oxygens (including phenoxy) is 4. The molecule has 4 aromatic rings. The minimum atomic E-state index is -0.684. The van der Waals surface area contributed by atoms with Crippen LogP contribution in [0.2, 0.25) is 0 Å². The Morgan fingerprint density at radius 2 is 0.758 bits per heavy atom. The molecule has 2 N–H and O–H groups in total. The van der Waals surface area contributed by atoms with E-state index in [2.05, 4.69) is 59.2 Å².